The predicted molar refractivity (Wildman–Crippen MR) is 161 cm³/mol. The highest BCUT2D eigenvalue weighted by Gasteiger charge is 2.48. The minimum atomic E-state index is -4.10. The summed E-state index contributed by atoms with van der Waals surface area (Å²) < 4.78 is 43.8. The van der Waals surface area contributed by atoms with E-state index in [1.54, 1.807) is 24.3 Å². The number of rotatable bonds is 13. The van der Waals surface area contributed by atoms with Gasteiger partial charge in [0.05, 0.1) is 18.6 Å². The van der Waals surface area contributed by atoms with Gasteiger partial charge >= 0.3 is 11.9 Å². The first kappa shape index (κ1) is 33.5. The zero-order valence-corrected chi connectivity index (χ0v) is 25.5. The largest absolute Gasteiger partial charge is 0.493 e. The van der Waals surface area contributed by atoms with Crippen LogP contribution in [0.4, 0.5) is 5.82 Å². The van der Waals surface area contributed by atoms with Crippen LogP contribution in [0.3, 0.4) is 0 Å². The Hall–Kier alpha value is -5.35. The number of hydrogen-bond acceptors (Lipinski definition) is 12. The number of hydrogen-bond donors (Lipinski definition) is 1. The maximum absolute atomic E-state index is 13.4. The molecule has 3 aromatic rings. The summed E-state index contributed by atoms with van der Waals surface area (Å²) in [4.78, 5) is 57.0. The number of fused-ring (bicyclic) bond motifs is 1. The molecule has 2 aromatic carbocycles. The molecule has 0 fully saturated rings. The van der Waals surface area contributed by atoms with Crippen LogP contribution in [0.15, 0.2) is 77.8 Å². The molecule has 0 saturated carbocycles. The number of esters is 2. The second-order valence-electron chi connectivity index (χ2n) is 9.80. The number of carbonyl (C=O) groups is 3. The third-order valence-electron chi connectivity index (χ3n) is 6.78. The van der Waals surface area contributed by atoms with Crippen molar-refractivity contribution in [3.05, 3.63) is 94.2 Å². The van der Waals surface area contributed by atoms with Gasteiger partial charge in [0.2, 0.25) is 15.9 Å². The molecule has 1 aliphatic heterocycles. The number of aromatic nitrogens is 1. The van der Waals surface area contributed by atoms with Gasteiger partial charge in [-0.25, -0.2) is 18.2 Å². The number of pyridine rings is 1. The zero-order valence-electron chi connectivity index (χ0n) is 24.7. The fourth-order valence-corrected chi connectivity index (χ4v) is 6.12. The van der Waals surface area contributed by atoms with Gasteiger partial charge < -0.3 is 24.4 Å². The van der Waals surface area contributed by atoms with Crippen molar-refractivity contribution >= 4 is 39.8 Å². The molecule has 0 saturated heterocycles. The number of nitrogens with one attached hydrogen (secondary N) is 1. The molecule has 1 amide bonds. The Morgan fingerprint density at radius 1 is 1.07 bits per heavy atom. The minimum absolute atomic E-state index is 0.000609. The molecule has 4 rings (SSSR count). The van der Waals surface area contributed by atoms with Gasteiger partial charge in [-0.15, -0.1) is 10.1 Å². The Bertz CT molecular complexity index is 1730. The van der Waals surface area contributed by atoms with Gasteiger partial charge in [-0.2, -0.15) is 4.31 Å². The molecule has 16 heteroatoms. The molecule has 1 aliphatic rings. The second-order valence-corrected chi connectivity index (χ2v) is 11.8. The van der Waals surface area contributed by atoms with E-state index in [2.05, 4.69) is 15.1 Å². The predicted octanol–water partition coefficient (Wildman–Crippen LogP) is 3.31. The van der Waals surface area contributed by atoms with Crippen molar-refractivity contribution in [2.24, 2.45) is 0 Å². The number of ether oxygens (including phenoxy) is 3. The lowest BCUT2D eigenvalue weighted by atomic mass is 10.0. The van der Waals surface area contributed by atoms with Crippen LogP contribution in [0.2, 0.25) is 0 Å². The monoisotopic (exact) mass is 654 g/mol. The molecule has 0 radical (unpaired) electrons. The van der Waals surface area contributed by atoms with Crippen LogP contribution >= 0.6 is 0 Å². The number of likely N-dealkylation sites (N-methyl/N-ethyl adjacent to an activating group) is 1. The summed E-state index contributed by atoms with van der Waals surface area (Å²) in [7, 11) is -1.50. The first-order valence-corrected chi connectivity index (χ1v) is 15.3. The number of unbranched alkanes of at least 4 members (excludes halogenated alkanes) is 1. The minimum Gasteiger partial charge on any atom is -0.493 e. The Kier molecular flexibility index (Phi) is 11.0. The Balaban J connectivity index is 1.48. The SMILES string of the molecule is COc1cc(C=CC(=O)OC2c3ccccc3S(=O)(=O)N(C)C2C(=O)Nc2ccccn2)ccc1OC(=O)CCCCO[N+](=O)[O-]. The van der Waals surface area contributed by atoms with E-state index in [0.717, 1.165) is 10.4 Å². The van der Waals surface area contributed by atoms with Gasteiger partial charge in [0.25, 0.3) is 5.09 Å². The standard InChI is InChI=1S/C30H30N4O11S/c1-33-28(30(37)32-25-11-5-7-17-31-25)29(21-9-3-4-10-24(21)46(33,40)41)45-27(36)16-14-20-13-15-22(23(19-20)42-2)44-26(35)12-6-8-18-43-34(38)39/h3-5,7,9-11,13-17,19,28-29H,6,8,12,18H2,1-2H3,(H,31,32,37). The molecule has 46 heavy (non-hydrogen) atoms. The van der Waals surface area contributed by atoms with E-state index >= 15 is 0 Å². The Labute approximate surface area is 263 Å². The summed E-state index contributed by atoms with van der Waals surface area (Å²) in [6.07, 6.45) is 3.28. The number of anilines is 1. The molecule has 2 heterocycles. The van der Waals surface area contributed by atoms with Gasteiger partial charge in [0.15, 0.2) is 17.6 Å². The maximum Gasteiger partial charge on any atom is 0.331 e. The van der Waals surface area contributed by atoms with Crippen LogP contribution in [-0.2, 0) is 34.0 Å². The van der Waals surface area contributed by atoms with Crippen molar-refractivity contribution < 1.29 is 46.9 Å². The average molecular weight is 655 g/mol. The summed E-state index contributed by atoms with van der Waals surface area (Å²) in [6.45, 7) is -0.130. The van der Waals surface area contributed by atoms with Crippen LogP contribution in [-0.4, -0.2) is 67.4 Å². The third kappa shape index (κ3) is 8.22. The summed E-state index contributed by atoms with van der Waals surface area (Å²) in [5.74, 6) is -1.68. The molecular formula is C30H30N4O11S. The molecule has 0 spiro atoms. The van der Waals surface area contributed by atoms with E-state index in [4.69, 9.17) is 14.2 Å². The fraction of sp³-hybridized carbons (Fsp3) is 0.267. The number of benzene rings is 2. The van der Waals surface area contributed by atoms with E-state index < -0.39 is 45.1 Å². The first-order chi connectivity index (χ1) is 22.0. The maximum atomic E-state index is 13.4. The van der Waals surface area contributed by atoms with Crippen molar-refractivity contribution in [3.8, 4) is 11.5 Å². The van der Waals surface area contributed by atoms with Crippen LogP contribution in [0.1, 0.15) is 36.5 Å². The van der Waals surface area contributed by atoms with Crippen molar-refractivity contribution in [2.75, 3.05) is 26.1 Å². The van der Waals surface area contributed by atoms with Gasteiger partial charge in [-0.3, -0.25) is 9.59 Å². The van der Waals surface area contributed by atoms with Crippen molar-refractivity contribution in [3.63, 3.8) is 0 Å². The highest BCUT2D eigenvalue weighted by molar-refractivity contribution is 7.89. The normalized spacial score (nSPS) is 17.0. The van der Waals surface area contributed by atoms with Crippen LogP contribution in [0, 0.1) is 10.1 Å². The van der Waals surface area contributed by atoms with Crippen LogP contribution in [0.25, 0.3) is 6.08 Å². The molecule has 242 valence electrons. The van der Waals surface area contributed by atoms with E-state index in [1.165, 1.54) is 62.8 Å². The third-order valence-corrected chi connectivity index (χ3v) is 8.70. The van der Waals surface area contributed by atoms with Gasteiger partial charge in [0.1, 0.15) is 11.9 Å². The summed E-state index contributed by atoms with van der Waals surface area (Å²) in [5, 5.41) is 11.9. The molecule has 15 nitrogen and oxygen atoms in total. The van der Waals surface area contributed by atoms with E-state index in [0.29, 0.717) is 18.4 Å². The van der Waals surface area contributed by atoms with Crippen molar-refractivity contribution in [1.29, 1.82) is 0 Å². The van der Waals surface area contributed by atoms with Gasteiger partial charge in [-0.1, -0.05) is 30.3 Å². The molecule has 0 aliphatic carbocycles. The number of sulfonamides is 1. The highest BCUT2D eigenvalue weighted by Crippen LogP contribution is 2.38. The number of amides is 1. The van der Waals surface area contributed by atoms with E-state index in [-0.39, 0.29) is 40.8 Å². The van der Waals surface area contributed by atoms with Gasteiger partial charge in [-0.05, 0) is 54.8 Å². The molecule has 2 atom stereocenters. The van der Waals surface area contributed by atoms with E-state index in [9.17, 15) is 32.9 Å². The molecule has 1 N–H and O–H groups in total. The highest BCUT2D eigenvalue weighted by atomic mass is 32.2. The zero-order chi connectivity index (χ0) is 33.3. The molecule has 0 bridgehead atoms. The lowest BCUT2D eigenvalue weighted by Crippen LogP contribution is -2.52. The topological polar surface area (TPSA) is 194 Å². The summed E-state index contributed by atoms with van der Waals surface area (Å²) in [6, 6.07) is 13.9. The number of carbonyl (C=O) groups excluding carboxylic acids is 3. The van der Waals surface area contributed by atoms with Crippen molar-refractivity contribution in [1.82, 2.24) is 9.29 Å². The molecular weight excluding hydrogens is 624 g/mol. The number of methoxy groups -OCH3 is 1. The van der Waals surface area contributed by atoms with Crippen LogP contribution in [0.5, 0.6) is 11.5 Å². The lowest BCUT2D eigenvalue weighted by Gasteiger charge is -2.37. The Morgan fingerprint density at radius 3 is 2.54 bits per heavy atom. The average Bonchev–Trinajstić information content (AvgIpc) is 3.03. The number of nitrogens with zero attached hydrogens (tertiary/aromatic N) is 3. The van der Waals surface area contributed by atoms with Crippen molar-refractivity contribution in [2.45, 2.75) is 36.3 Å². The van der Waals surface area contributed by atoms with Crippen LogP contribution < -0.4 is 14.8 Å². The molecule has 1 aromatic heterocycles. The Morgan fingerprint density at radius 2 is 1.83 bits per heavy atom. The molecule has 2 unspecified atom stereocenters. The fourth-order valence-electron chi connectivity index (χ4n) is 4.57. The summed E-state index contributed by atoms with van der Waals surface area (Å²) in [5.41, 5.74) is 0.611. The van der Waals surface area contributed by atoms with E-state index in [1.807, 2.05) is 0 Å². The quantitative estimate of drug-likeness (QED) is 0.0707. The second kappa shape index (κ2) is 15.1. The first-order valence-electron chi connectivity index (χ1n) is 13.8. The summed E-state index contributed by atoms with van der Waals surface area (Å²) >= 11 is 0. The smallest absolute Gasteiger partial charge is 0.331 e. The van der Waals surface area contributed by atoms with Gasteiger partial charge in [0, 0.05) is 31.3 Å². The lowest BCUT2D eigenvalue weighted by molar-refractivity contribution is -0.757.